The van der Waals surface area contributed by atoms with Gasteiger partial charge in [-0.15, -0.1) is 0 Å². The van der Waals surface area contributed by atoms with Gasteiger partial charge >= 0.3 is 0 Å². The van der Waals surface area contributed by atoms with Crippen LogP contribution in [0.25, 0.3) is 0 Å². The molecule has 0 heteroatoms. The van der Waals surface area contributed by atoms with E-state index >= 15 is 0 Å². The second kappa shape index (κ2) is 22.8. The summed E-state index contributed by atoms with van der Waals surface area (Å²) in [5.74, 6) is 0. The molecule has 0 radical (unpaired) electrons. The molecule has 0 aromatic carbocycles. The van der Waals surface area contributed by atoms with Gasteiger partial charge in [-0.25, -0.2) is 0 Å². The van der Waals surface area contributed by atoms with Gasteiger partial charge in [0.1, 0.15) is 0 Å². The first-order valence-corrected chi connectivity index (χ1v) is 12.5. The number of hydrogen-bond acceptors (Lipinski definition) is 0. The molecule has 0 aliphatic heterocycles. The lowest BCUT2D eigenvalue weighted by atomic mass is 10.0. The van der Waals surface area contributed by atoms with Gasteiger partial charge in [0.2, 0.25) is 0 Å². The minimum Gasteiger partial charge on any atom is -0.0999 e. The highest BCUT2D eigenvalue weighted by molar-refractivity contribution is 4.93. The zero-order valence-corrected chi connectivity index (χ0v) is 18.8. The maximum atomic E-state index is 4.30. The van der Waals surface area contributed by atoms with Gasteiger partial charge < -0.3 is 0 Å². The molecule has 0 unspecified atom stereocenters. The number of rotatable bonds is 22. The van der Waals surface area contributed by atoms with Gasteiger partial charge in [-0.3, -0.25) is 0 Å². The summed E-state index contributed by atoms with van der Waals surface area (Å²) < 4.78 is 0. The first kappa shape index (κ1) is 25.7. The van der Waals surface area contributed by atoms with Crippen LogP contribution >= 0.6 is 0 Å². The van der Waals surface area contributed by atoms with Gasteiger partial charge in [-0.2, -0.15) is 0 Å². The maximum Gasteiger partial charge on any atom is -0.0323 e. The van der Waals surface area contributed by atoms with Crippen LogP contribution in [0.2, 0.25) is 0 Å². The lowest BCUT2D eigenvalue weighted by Gasteiger charge is -2.06. The molecule has 0 saturated heterocycles. The molecule has 0 nitrogen and oxygen atoms in total. The molecule has 0 spiro atoms. The fourth-order valence-corrected chi connectivity index (χ4v) is 3.85. The lowest BCUT2D eigenvalue weighted by Crippen LogP contribution is -1.86. The molecule has 0 bridgehead atoms. The minimum absolute atomic E-state index is 1.28. The van der Waals surface area contributed by atoms with Gasteiger partial charge in [0.05, 0.1) is 0 Å². The molecule has 26 heavy (non-hydrogen) atoms. The van der Waals surface area contributed by atoms with Crippen molar-refractivity contribution in [2.24, 2.45) is 0 Å². The van der Waals surface area contributed by atoms with Crippen LogP contribution in [0, 0.1) is 0 Å². The second-order valence-electron chi connectivity index (χ2n) is 8.61. The molecule has 0 saturated carbocycles. The van der Waals surface area contributed by atoms with Gasteiger partial charge in [0.25, 0.3) is 0 Å². The van der Waals surface area contributed by atoms with Crippen molar-refractivity contribution < 1.29 is 0 Å². The van der Waals surface area contributed by atoms with Crippen molar-refractivity contribution in [3.8, 4) is 0 Å². The largest absolute Gasteiger partial charge is 0.0999 e. The van der Waals surface area contributed by atoms with Crippen molar-refractivity contribution >= 4 is 0 Å². The average Bonchev–Trinajstić information content (AvgIpc) is 2.65. The van der Waals surface area contributed by atoms with Crippen LogP contribution in [0.1, 0.15) is 155 Å². The summed E-state index contributed by atoms with van der Waals surface area (Å²) in [7, 11) is 0. The van der Waals surface area contributed by atoms with Crippen LogP contribution < -0.4 is 0 Å². The van der Waals surface area contributed by atoms with E-state index in [4.69, 9.17) is 0 Å². The second-order valence-corrected chi connectivity index (χ2v) is 8.61. The number of allylic oxidation sites excluding steroid dienone is 1. The molecule has 0 aromatic rings. The van der Waals surface area contributed by atoms with Crippen molar-refractivity contribution in [2.75, 3.05) is 0 Å². The lowest BCUT2D eigenvalue weighted by molar-refractivity contribution is 0.541. The Morgan fingerprint density at radius 2 is 0.615 bits per heavy atom. The first-order chi connectivity index (χ1) is 12.8. The average molecular weight is 365 g/mol. The van der Waals surface area contributed by atoms with Gasteiger partial charge in [-0.05, 0) is 25.7 Å². The number of unbranched alkanes of at least 4 members (excludes halogenated alkanes) is 18. The molecule has 0 N–H and O–H groups in total. The normalized spacial score (nSPS) is 11.2. The SMILES string of the molecule is C=C(CCCCCCCCCC)CCCCCCCCCCCCCC. The Morgan fingerprint density at radius 1 is 0.385 bits per heavy atom. The van der Waals surface area contributed by atoms with E-state index in [2.05, 4.69) is 20.4 Å². The van der Waals surface area contributed by atoms with Gasteiger partial charge in [0, 0.05) is 0 Å². The standard InChI is InChI=1S/C26H52/c1-4-6-8-10-12-14-15-16-17-19-21-23-25-26(3)24-22-20-18-13-11-9-7-5-2/h3-25H2,1-2H3. The van der Waals surface area contributed by atoms with Gasteiger partial charge in [-0.1, -0.05) is 142 Å². The highest BCUT2D eigenvalue weighted by atomic mass is 14.0. The zero-order chi connectivity index (χ0) is 19.1. The molecule has 156 valence electrons. The molecule has 0 fully saturated rings. The molecule has 0 rings (SSSR count). The van der Waals surface area contributed by atoms with Crippen molar-refractivity contribution in [2.45, 2.75) is 155 Å². The summed E-state index contributed by atoms with van der Waals surface area (Å²) in [5, 5.41) is 0. The Labute approximate surface area is 167 Å². The summed E-state index contributed by atoms with van der Waals surface area (Å²) in [6, 6.07) is 0. The van der Waals surface area contributed by atoms with Crippen LogP contribution in [0.15, 0.2) is 12.2 Å². The van der Waals surface area contributed by atoms with Crippen LogP contribution in [-0.2, 0) is 0 Å². The molecule has 0 heterocycles. The number of hydrogen-bond donors (Lipinski definition) is 0. The fourth-order valence-electron chi connectivity index (χ4n) is 3.85. The summed E-state index contributed by atoms with van der Waals surface area (Å²) in [6.45, 7) is 8.89. The monoisotopic (exact) mass is 364 g/mol. The van der Waals surface area contributed by atoms with Crippen LogP contribution in [0.3, 0.4) is 0 Å². The summed E-state index contributed by atoms with van der Waals surface area (Å²) in [5.41, 5.74) is 1.52. The summed E-state index contributed by atoms with van der Waals surface area (Å²) >= 11 is 0. The third kappa shape index (κ3) is 21.8. The van der Waals surface area contributed by atoms with E-state index in [0.717, 1.165) is 0 Å². The Kier molecular flexibility index (Phi) is 22.6. The smallest absolute Gasteiger partial charge is 0.0323 e. The first-order valence-electron chi connectivity index (χ1n) is 12.5. The van der Waals surface area contributed by atoms with Crippen molar-refractivity contribution in [1.29, 1.82) is 0 Å². The molecule has 0 aliphatic carbocycles. The third-order valence-corrected chi connectivity index (χ3v) is 5.77. The minimum atomic E-state index is 1.28. The molecular formula is C26H52. The predicted octanol–water partition coefficient (Wildman–Crippen LogP) is 10.2. The Bertz CT molecular complexity index is 265. The van der Waals surface area contributed by atoms with Crippen molar-refractivity contribution in [3.05, 3.63) is 12.2 Å². The van der Waals surface area contributed by atoms with E-state index in [0.29, 0.717) is 0 Å². The van der Waals surface area contributed by atoms with E-state index < -0.39 is 0 Å². The van der Waals surface area contributed by atoms with Crippen molar-refractivity contribution in [3.63, 3.8) is 0 Å². The van der Waals surface area contributed by atoms with E-state index in [9.17, 15) is 0 Å². The van der Waals surface area contributed by atoms with E-state index in [1.165, 1.54) is 147 Å². The van der Waals surface area contributed by atoms with E-state index in [-0.39, 0.29) is 0 Å². The van der Waals surface area contributed by atoms with Crippen LogP contribution in [-0.4, -0.2) is 0 Å². The molecule has 0 amide bonds. The van der Waals surface area contributed by atoms with Gasteiger partial charge in [0.15, 0.2) is 0 Å². The van der Waals surface area contributed by atoms with E-state index in [1.54, 1.807) is 0 Å². The van der Waals surface area contributed by atoms with Crippen LogP contribution in [0.4, 0.5) is 0 Å². The highest BCUT2D eigenvalue weighted by Gasteiger charge is 1.98. The highest BCUT2D eigenvalue weighted by Crippen LogP contribution is 2.17. The molecule has 0 atom stereocenters. The van der Waals surface area contributed by atoms with Crippen LogP contribution in [0.5, 0.6) is 0 Å². The Hall–Kier alpha value is -0.260. The van der Waals surface area contributed by atoms with Crippen molar-refractivity contribution in [1.82, 2.24) is 0 Å². The fraction of sp³-hybridized carbons (Fsp3) is 0.923. The molecule has 0 aliphatic rings. The summed E-state index contributed by atoms with van der Waals surface area (Å²) in [4.78, 5) is 0. The molecular weight excluding hydrogens is 312 g/mol. The van der Waals surface area contributed by atoms with E-state index in [1.807, 2.05) is 0 Å². The summed E-state index contributed by atoms with van der Waals surface area (Å²) in [6.07, 6.45) is 31.3. The quantitative estimate of drug-likeness (QED) is 0.132. The Balaban J connectivity index is 3.13. The molecule has 0 aromatic heterocycles. The zero-order valence-electron chi connectivity index (χ0n) is 18.8. The Morgan fingerprint density at radius 3 is 0.885 bits per heavy atom. The topological polar surface area (TPSA) is 0 Å². The predicted molar refractivity (Wildman–Crippen MR) is 122 cm³/mol. The third-order valence-electron chi connectivity index (χ3n) is 5.77. The maximum absolute atomic E-state index is 4.30.